The molecule has 82 valence electrons. The fourth-order valence-corrected chi connectivity index (χ4v) is 1.29. The first-order valence-electron chi connectivity index (χ1n) is 4.55. The van der Waals surface area contributed by atoms with Gasteiger partial charge in [0.05, 0.1) is 27.1 Å². The summed E-state index contributed by atoms with van der Waals surface area (Å²) in [7, 11) is 5.35. The number of nitrogens with two attached hydrogens (primary N) is 1. The molecule has 5 heteroatoms. The Hall–Kier alpha value is -1.10. The molecule has 1 amide bonds. The highest BCUT2D eigenvalue weighted by atomic mass is 16.4. The minimum Gasteiger partial charge on any atom is -0.544 e. The molecule has 1 atom stereocenters. The Morgan fingerprint density at radius 1 is 1.36 bits per heavy atom. The lowest BCUT2D eigenvalue weighted by atomic mass is 10.1. The van der Waals surface area contributed by atoms with Gasteiger partial charge in [-0.05, 0) is 6.42 Å². The van der Waals surface area contributed by atoms with Crippen LogP contribution in [0.2, 0.25) is 0 Å². The van der Waals surface area contributed by atoms with E-state index in [2.05, 4.69) is 0 Å². The predicted molar refractivity (Wildman–Crippen MR) is 49.9 cm³/mol. The van der Waals surface area contributed by atoms with Crippen molar-refractivity contribution in [2.45, 2.75) is 25.3 Å². The Bertz CT molecular complexity index is 221. The third-order valence-electron chi connectivity index (χ3n) is 2.11. The zero-order valence-electron chi connectivity index (χ0n) is 8.95. The topological polar surface area (TPSA) is 83.2 Å². The zero-order chi connectivity index (χ0) is 11.4. The van der Waals surface area contributed by atoms with Crippen molar-refractivity contribution in [3.05, 3.63) is 0 Å². The third-order valence-corrected chi connectivity index (χ3v) is 2.11. The van der Waals surface area contributed by atoms with E-state index in [9.17, 15) is 14.7 Å². The number of aliphatic carboxylic acids is 1. The molecule has 14 heavy (non-hydrogen) atoms. The SMILES string of the molecule is C[N+](C)(C)C(CCCC(N)=O)C(=O)[O-]. The van der Waals surface area contributed by atoms with Crippen LogP contribution in [0.5, 0.6) is 0 Å². The van der Waals surface area contributed by atoms with Gasteiger partial charge in [-0.25, -0.2) is 0 Å². The van der Waals surface area contributed by atoms with E-state index in [1.54, 1.807) is 21.1 Å². The Balaban J connectivity index is 4.13. The minimum absolute atomic E-state index is 0.226. The molecule has 0 heterocycles. The van der Waals surface area contributed by atoms with Gasteiger partial charge in [-0.15, -0.1) is 0 Å². The molecule has 1 unspecified atom stereocenters. The van der Waals surface area contributed by atoms with Crippen LogP contribution in [-0.2, 0) is 9.59 Å². The molecule has 0 aromatic heterocycles. The van der Waals surface area contributed by atoms with E-state index in [1.165, 1.54) is 0 Å². The summed E-state index contributed by atoms with van der Waals surface area (Å²) in [5, 5.41) is 10.8. The quantitative estimate of drug-likeness (QED) is 0.530. The number of carboxylic acids is 1. The van der Waals surface area contributed by atoms with Gasteiger partial charge in [-0.1, -0.05) is 0 Å². The van der Waals surface area contributed by atoms with Crippen LogP contribution in [0.4, 0.5) is 0 Å². The summed E-state index contributed by atoms with van der Waals surface area (Å²) in [5.41, 5.74) is 4.96. The number of carbonyl (C=O) groups is 2. The maximum atomic E-state index is 10.8. The van der Waals surface area contributed by atoms with Crippen molar-refractivity contribution in [2.75, 3.05) is 21.1 Å². The Kier molecular flexibility index (Phi) is 4.56. The van der Waals surface area contributed by atoms with E-state index >= 15 is 0 Å². The van der Waals surface area contributed by atoms with Crippen molar-refractivity contribution in [1.82, 2.24) is 0 Å². The molecule has 0 saturated carbocycles. The number of rotatable bonds is 6. The van der Waals surface area contributed by atoms with Crippen molar-refractivity contribution >= 4 is 11.9 Å². The van der Waals surface area contributed by atoms with Gasteiger partial charge in [0.1, 0.15) is 6.04 Å². The summed E-state index contributed by atoms with van der Waals surface area (Å²) in [6.07, 6.45) is 1.13. The smallest absolute Gasteiger partial charge is 0.217 e. The molecule has 2 N–H and O–H groups in total. The van der Waals surface area contributed by atoms with Gasteiger partial charge in [0.25, 0.3) is 0 Å². The molecule has 0 spiro atoms. The molecule has 0 aromatic carbocycles. The molecule has 0 aliphatic carbocycles. The van der Waals surface area contributed by atoms with Crippen LogP contribution in [0, 0.1) is 0 Å². The summed E-state index contributed by atoms with van der Waals surface area (Å²) in [5.74, 6) is -1.48. The first-order valence-corrected chi connectivity index (χ1v) is 4.55. The first-order chi connectivity index (χ1) is 6.25. The summed E-state index contributed by atoms with van der Waals surface area (Å²) in [6.45, 7) is 0. The van der Waals surface area contributed by atoms with E-state index in [0.29, 0.717) is 17.3 Å². The van der Waals surface area contributed by atoms with E-state index in [4.69, 9.17) is 5.73 Å². The average Bonchev–Trinajstić information content (AvgIpc) is 1.94. The number of hydrogen-bond donors (Lipinski definition) is 1. The Labute approximate surface area is 84.1 Å². The van der Waals surface area contributed by atoms with Crippen LogP contribution in [0.1, 0.15) is 19.3 Å². The third kappa shape index (κ3) is 4.81. The molecule has 0 fully saturated rings. The molecule has 0 saturated heterocycles. The van der Waals surface area contributed by atoms with Gasteiger partial charge in [-0.2, -0.15) is 0 Å². The van der Waals surface area contributed by atoms with Gasteiger partial charge in [0.2, 0.25) is 5.91 Å². The average molecular weight is 202 g/mol. The summed E-state index contributed by atoms with van der Waals surface area (Å²) < 4.78 is 0.293. The van der Waals surface area contributed by atoms with Crippen molar-refractivity contribution in [1.29, 1.82) is 0 Å². The second kappa shape index (κ2) is 4.95. The normalized spacial score (nSPS) is 13.6. The van der Waals surface area contributed by atoms with Crippen LogP contribution >= 0.6 is 0 Å². The van der Waals surface area contributed by atoms with Crippen molar-refractivity contribution in [2.24, 2.45) is 5.73 Å². The minimum atomic E-state index is -1.08. The van der Waals surface area contributed by atoms with E-state index in [-0.39, 0.29) is 6.42 Å². The van der Waals surface area contributed by atoms with Crippen LogP contribution in [0.25, 0.3) is 0 Å². The highest BCUT2D eigenvalue weighted by Gasteiger charge is 2.24. The number of likely N-dealkylation sites (N-methyl/N-ethyl adjacent to an activating group) is 1. The number of hydrogen-bond acceptors (Lipinski definition) is 3. The number of quaternary nitrogens is 1. The van der Waals surface area contributed by atoms with Crippen molar-refractivity contribution in [3.8, 4) is 0 Å². The van der Waals surface area contributed by atoms with E-state index < -0.39 is 17.9 Å². The number of amides is 1. The fourth-order valence-electron chi connectivity index (χ4n) is 1.29. The van der Waals surface area contributed by atoms with Gasteiger partial charge in [-0.3, -0.25) is 4.79 Å². The summed E-state index contributed by atoms with van der Waals surface area (Å²) >= 11 is 0. The number of carbonyl (C=O) groups excluding carboxylic acids is 2. The van der Waals surface area contributed by atoms with Gasteiger partial charge >= 0.3 is 0 Å². The lowest BCUT2D eigenvalue weighted by molar-refractivity contribution is -0.889. The number of carboxylic acid groups (broad SMARTS) is 1. The van der Waals surface area contributed by atoms with Crippen LogP contribution < -0.4 is 10.8 Å². The lowest BCUT2D eigenvalue weighted by Crippen LogP contribution is -2.54. The van der Waals surface area contributed by atoms with E-state index in [1.807, 2.05) is 0 Å². The highest BCUT2D eigenvalue weighted by Crippen LogP contribution is 2.10. The molecule has 5 nitrogen and oxygen atoms in total. The predicted octanol–water partition coefficient (Wildman–Crippen LogP) is -1.53. The zero-order valence-corrected chi connectivity index (χ0v) is 8.95. The standard InChI is InChI=1S/C9H18N2O3/c1-11(2,3)7(9(13)14)5-4-6-8(10)12/h7H,4-6H2,1-3H3,(H2-,10,12,13,14). The second-order valence-electron chi connectivity index (χ2n) is 4.31. The summed E-state index contributed by atoms with van der Waals surface area (Å²) in [4.78, 5) is 21.2. The maximum Gasteiger partial charge on any atom is 0.217 e. The highest BCUT2D eigenvalue weighted by molar-refractivity contribution is 5.74. The molecular formula is C9H18N2O3. The second-order valence-corrected chi connectivity index (χ2v) is 4.31. The van der Waals surface area contributed by atoms with Crippen LogP contribution in [0.3, 0.4) is 0 Å². The first kappa shape index (κ1) is 12.9. The Morgan fingerprint density at radius 3 is 2.14 bits per heavy atom. The van der Waals surface area contributed by atoms with Crippen molar-refractivity contribution in [3.63, 3.8) is 0 Å². The van der Waals surface area contributed by atoms with Gasteiger partial charge in [0.15, 0.2) is 0 Å². The molecule has 0 aromatic rings. The van der Waals surface area contributed by atoms with Crippen molar-refractivity contribution < 1.29 is 19.2 Å². The lowest BCUT2D eigenvalue weighted by Gasteiger charge is -2.34. The summed E-state index contributed by atoms with van der Waals surface area (Å²) in [6, 6.07) is -0.589. The van der Waals surface area contributed by atoms with Crippen LogP contribution in [0.15, 0.2) is 0 Å². The molecular weight excluding hydrogens is 184 g/mol. The number of nitrogens with zero attached hydrogens (tertiary/aromatic N) is 1. The molecule has 0 radical (unpaired) electrons. The van der Waals surface area contributed by atoms with Gasteiger partial charge < -0.3 is 20.1 Å². The van der Waals surface area contributed by atoms with Crippen LogP contribution in [-0.4, -0.2) is 43.5 Å². The van der Waals surface area contributed by atoms with E-state index in [0.717, 1.165) is 0 Å². The maximum absolute atomic E-state index is 10.8. The Morgan fingerprint density at radius 2 is 1.86 bits per heavy atom. The molecule has 0 bridgehead atoms. The van der Waals surface area contributed by atoms with Gasteiger partial charge in [0, 0.05) is 12.8 Å². The number of primary amides is 1. The molecule has 0 aliphatic rings. The monoisotopic (exact) mass is 202 g/mol. The molecule has 0 aliphatic heterocycles. The molecule has 0 rings (SSSR count). The fraction of sp³-hybridized carbons (Fsp3) is 0.778. The largest absolute Gasteiger partial charge is 0.544 e.